The molecule has 2 saturated carbocycles. The van der Waals surface area contributed by atoms with Gasteiger partial charge in [0.15, 0.2) is 0 Å². The fourth-order valence-corrected chi connectivity index (χ4v) is 8.26. The van der Waals surface area contributed by atoms with Crippen molar-refractivity contribution in [2.24, 2.45) is 23.2 Å². The minimum atomic E-state index is -4.75. The van der Waals surface area contributed by atoms with Gasteiger partial charge in [-0.25, -0.2) is 0 Å². The second-order valence-corrected chi connectivity index (χ2v) is 12.5. The number of hydrogen-bond acceptors (Lipinski definition) is 3. The lowest BCUT2D eigenvalue weighted by Crippen LogP contribution is -2.44. The smallest absolute Gasteiger partial charge is 0.299 e. The van der Waals surface area contributed by atoms with Crippen molar-refractivity contribution in [2.45, 2.75) is 75.3 Å². The summed E-state index contributed by atoms with van der Waals surface area (Å²) in [7, 11) is -4.75. The predicted octanol–water partition coefficient (Wildman–Crippen LogP) is 6.63. The zero-order valence-electron chi connectivity index (χ0n) is 20.2. The Morgan fingerprint density at radius 1 is 1.08 bits per heavy atom. The van der Waals surface area contributed by atoms with E-state index in [1.807, 2.05) is 30.3 Å². The maximum atomic E-state index is 14.1. The highest BCUT2D eigenvalue weighted by atomic mass is 32.2. The highest BCUT2D eigenvalue weighted by Crippen LogP contribution is 2.64. The first kappa shape index (κ1) is 25.5. The molecule has 2 fully saturated rings. The molecule has 0 saturated heterocycles. The van der Waals surface area contributed by atoms with Gasteiger partial charge < -0.3 is 0 Å². The summed E-state index contributed by atoms with van der Waals surface area (Å²) < 4.78 is 75.1. The first-order chi connectivity index (χ1) is 16.9. The second kappa shape index (κ2) is 8.98. The molecule has 0 unspecified atom stereocenters. The van der Waals surface area contributed by atoms with Gasteiger partial charge in [-0.2, -0.15) is 21.6 Å². The van der Waals surface area contributed by atoms with E-state index in [-0.39, 0.29) is 40.4 Å². The number of halogens is 3. The van der Waals surface area contributed by atoms with E-state index in [4.69, 9.17) is 0 Å². The third-order valence-corrected chi connectivity index (χ3v) is 10.1. The number of aryl methyl sites for hydroxylation is 2. The zero-order chi connectivity index (χ0) is 25.9. The first-order valence-corrected chi connectivity index (χ1v) is 14.1. The number of ketones is 1. The van der Waals surface area contributed by atoms with Crippen LogP contribution in [-0.4, -0.2) is 18.8 Å². The van der Waals surface area contributed by atoms with Gasteiger partial charge in [0.2, 0.25) is 0 Å². The first-order valence-electron chi connectivity index (χ1n) is 12.7. The summed E-state index contributed by atoms with van der Waals surface area (Å²) in [6.07, 6.45) is 0.277. The Hall–Kier alpha value is -2.19. The maximum Gasteiger partial charge on any atom is 0.416 e. The van der Waals surface area contributed by atoms with E-state index in [1.165, 1.54) is 6.07 Å². The number of hydrogen-bond donors (Lipinski definition) is 1. The van der Waals surface area contributed by atoms with Crippen LogP contribution in [0.5, 0.6) is 0 Å². The molecule has 2 aromatic carbocycles. The molecule has 4 nitrogen and oxygen atoms in total. The molecule has 2 aromatic rings. The molecule has 0 spiro atoms. The van der Waals surface area contributed by atoms with Gasteiger partial charge in [0.05, 0.1) is 10.5 Å². The van der Waals surface area contributed by atoms with Crippen LogP contribution in [0.25, 0.3) is 0 Å². The summed E-state index contributed by atoms with van der Waals surface area (Å²) in [4.78, 5) is 12.6. The van der Waals surface area contributed by atoms with E-state index >= 15 is 0 Å². The average molecular weight is 521 g/mol. The summed E-state index contributed by atoms with van der Waals surface area (Å²) in [6, 6.07) is 11.7. The molecule has 0 bridgehead atoms. The SMILES string of the molecule is C[C@]12CC[C@@H]3c4c(cc(S(=O)(=O)O)cc4C(F)(F)F)CC[C@H]3[C@@H]1CC[C@@H]2C(=O)CCc1ccccc1. The molecule has 194 valence electrons. The molecular weight excluding hydrogens is 489 g/mol. The van der Waals surface area contributed by atoms with Gasteiger partial charge in [-0.15, -0.1) is 0 Å². The molecule has 5 atom stereocenters. The molecule has 1 N–H and O–H groups in total. The van der Waals surface area contributed by atoms with Crippen molar-refractivity contribution < 1.29 is 30.9 Å². The van der Waals surface area contributed by atoms with Crippen LogP contribution in [0, 0.1) is 23.2 Å². The molecule has 5 rings (SSSR count). The predicted molar refractivity (Wildman–Crippen MR) is 129 cm³/mol. The van der Waals surface area contributed by atoms with Crippen molar-refractivity contribution in [3.8, 4) is 0 Å². The lowest BCUT2D eigenvalue weighted by atomic mass is 9.53. The van der Waals surface area contributed by atoms with Crippen molar-refractivity contribution in [3.05, 3.63) is 64.7 Å². The van der Waals surface area contributed by atoms with E-state index in [2.05, 4.69) is 6.92 Å². The third-order valence-electron chi connectivity index (χ3n) is 9.29. The minimum Gasteiger partial charge on any atom is -0.299 e. The molecule has 0 aliphatic heterocycles. The molecular formula is C28H31F3O4S. The molecule has 0 heterocycles. The fraction of sp³-hybridized carbons (Fsp3) is 0.536. The maximum absolute atomic E-state index is 14.1. The van der Waals surface area contributed by atoms with Gasteiger partial charge in [0, 0.05) is 12.3 Å². The Kier molecular flexibility index (Phi) is 6.35. The van der Waals surface area contributed by atoms with Gasteiger partial charge in [-0.3, -0.25) is 9.35 Å². The van der Waals surface area contributed by atoms with Crippen LogP contribution in [0.4, 0.5) is 13.2 Å². The number of alkyl halides is 3. The standard InChI is InChI=1S/C28H31F3O4S/c1-27-14-13-21-20(22(27)10-11-23(27)25(32)12-7-17-5-3-2-4-6-17)9-8-18-15-19(36(33,34)35)16-24(26(18)21)28(29,30)31/h2-6,15-16,20-23H,7-14H2,1H3,(H,33,34,35)/t20-,21+,22+,23-,27+/m1/s1. The van der Waals surface area contributed by atoms with E-state index < -0.39 is 26.8 Å². The molecule has 36 heavy (non-hydrogen) atoms. The van der Waals surface area contributed by atoms with Gasteiger partial charge in [-0.05, 0) is 96.9 Å². The Morgan fingerprint density at radius 2 is 1.81 bits per heavy atom. The van der Waals surface area contributed by atoms with E-state index in [0.29, 0.717) is 50.2 Å². The quantitative estimate of drug-likeness (QED) is 0.450. The van der Waals surface area contributed by atoms with Crippen molar-refractivity contribution in [2.75, 3.05) is 0 Å². The van der Waals surface area contributed by atoms with Crippen molar-refractivity contribution in [1.29, 1.82) is 0 Å². The Bertz CT molecular complexity index is 1270. The Labute approximate surface area is 210 Å². The lowest BCUT2D eigenvalue weighted by molar-refractivity contribution is -0.139. The summed E-state index contributed by atoms with van der Waals surface area (Å²) in [6.45, 7) is 2.16. The number of carbonyl (C=O) groups is 1. The molecule has 0 aromatic heterocycles. The largest absolute Gasteiger partial charge is 0.416 e. The molecule has 3 aliphatic carbocycles. The van der Waals surface area contributed by atoms with Crippen LogP contribution in [0.3, 0.4) is 0 Å². The Balaban J connectivity index is 1.42. The van der Waals surface area contributed by atoms with Gasteiger partial charge >= 0.3 is 6.18 Å². The van der Waals surface area contributed by atoms with Crippen LogP contribution >= 0.6 is 0 Å². The van der Waals surface area contributed by atoms with E-state index in [1.54, 1.807) is 0 Å². The van der Waals surface area contributed by atoms with Crippen LogP contribution in [0.15, 0.2) is 47.4 Å². The number of Topliss-reactive ketones (excluding diaryl/α,β-unsaturated/α-hetero) is 1. The molecule has 8 heteroatoms. The van der Waals surface area contributed by atoms with Gasteiger partial charge in [0.1, 0.15) is 5.78 Å². The number of carbonyl (C=O) groups excluding carboxylic acids is 1. The van der Waals surface area contributed by atoms with Crippen molar-refractivity contribution in [1.82, 2.24) is 0 Å². The number of fused-ring (bicyclic) bond motifs is 5. The topological polar surface area (TPSA) is 71.4 Å². The van der Waals surface area contributed by atoms with Crippen molar-refractivity contribution in [3.63, 3.8) is 0 Å². The number of benzene rings is 2. The normalized spacial score (nSPS) is 29.8. The fourth-order valence-electron chi connectivity index (χ4n) is 7.70. The van der Waals surface area contributed by atoms with Gasteiger partial charge in [-0.1, -0.05) is 37.3 Å². The molecule has 0 radical (unpaired) electrons. The third kappa shape index (κ3) is 4.40. The number of rotatable bonds is 5. The summed E-state index contributed by atoms with van der Waals surface area (Å²) in [5.41, 5.74) is 0.531. The van der Waals surface area contributed by atoms with Crippen LogP contribution in [-0.2, 0) is 33.9 Å². The highest BCUT2D eigenvalue weighted by Gasteiger charge is 2.57. The summed E-state index contributed by atoms with van der Waals surface area (Å²) in [5.74, 6) is 0.0557. The summed E-state index contributed by atoms with van der Waals surface area (Å²) in [5, 5.41) is 0. The highest BCUT2D eigenvalue weighted by molar-refractivity contribution is 7.85. The summed E-state index contributed by atoms with van der Waals surface area (Å²) >= 11 is 0. The average Bonchev–Trinajstić information content (AvgIpc) is 3.18. The van der Waals surface area contributed by atoms with Gasteiger partial charge in [0.25, 0.3) is 10.1 Å². The zero-order valence-corrected chi connectivity index (χ0v) is 21.0. The van der Waals surface area contributed by atoms with E-state index in [0.717, 1.165) is 18.4 Å². The Morgan fingerprint density at radius 3 is 2.47 bits per heavy atom. The lowest BCUT2D eigenvalue weighted by Gasteiger charge is -2.51. The molecule has 3 aliphatic rings. The van der Waals surface area contributed by atoms with Crippen LogP contribution in [0.1, 0.15) is 73.6 Å². The van der Waals surface area contributed by atoms with Crippen molar-refractivity contribution >= 4 is 15.9 Å². The monoisotopic (exact) mass is 520 g/mol. The van der Waals surface area contributed by atoms with Crippen LogP contribution < -0.4 is 0 Å². The van der Waals surface area contributed by atoms with Crippen LogP contribution in [0.2, 0.25) is 0 Å². The molecule has 0 amide bonds. The van der Waals surface area contributed by atoms with E-state index in [9.17, 15) is 30.9 Å². The second-order valence-electron chi connectivity index (χ2n) is 11.1. The minimum absolute atomic E-state index is 0.0286.